The Balaban J connectivity index is 1.70. The smallest absolute Gasteiger partial charge is 0.135 e. The van der Waals surface area contributed by atoms with Gasteiger partial charge < -0.3 is 0 Å². The van der Waals surface area contributed by atoms with Crippen LogP contribution in [0.1, 0.15) is 58.3 Å². The molecule has 1 atom stereocenters. The van der Waals surface area contributed by atoms with Crippen LogP contribution in [0.5, 0.6) is 0 Å². The van der Waals surface area contributed by atoms with Crippen LogP contribution in [0.4, 0.5) is 0 Å². The first-order chi connectivity index (χ1) is 7.75. The van der Waals surface area contributed by atoms with Crippen molar-refractivity contribution in [3.8, 4) is 0 Å². The predicted octanol–water partition coefficient (Wildman–Crippen LogP) is 3.01. The van der Waals surface area contributed by atoms with Gasteiger partial charge in [-0.25, -0.2) is 0 Å². The Morgan fingerprint density at radius 3 is 2.69 bits per heavy atom. The van der Waals surface area contributed by atoms with Gasteiger partial charge in [-0.15, -0.1) is 0 Å². The van der Waals surface area contributed by atoms with E-state index in [0.29, 0.717) is 11.8 Å². The van der Waals surface area contributed by atoms with Crippen molar-refractivity contribution in [2.75, 3.05) is 13.1 Å². The van der Waals surface area contributed by atoms with E-state index in [1.807, 2.05) is 0 Å². The highest BCUT2D eigenvalue weighted by Gasteiger charge is 2.24. The van der Waals surface area contributed by atoms with Crippen molar-refractivity contribution in [2.24, 2.45) is 5.92 Å². The predicted molar refractivity (Wildman–Crippen MR) is 66.5 cm³/mol. The van der Waals surface area contributed by atoms with E-state index in [4.69, 9.17) is 0 Å². The number of rotatable bonds is 3. The molecule has 0 aromatic rings. The maximum atomic E-state index is 11.3. The second-order valence-electron chi connectivity index (χ2n) is 5.67. The van der Waals surface area contributed by atoms with E-state index in [1.165, 1.54) is 45.1 Å². The van der Waals surface area contributed by atoms with E-state index < -0.39 is 0 Å². The van der Waals surface area contributed by atoms with Gasteiger partial charge in [0, 0.05) is 25.4 Å². The number of Topliss-reactive ketones (excluding diaryl/α,β-unsaturated/α-hetero) is 1. The second kappa shape index (κ2) is 5.81. The quantitative estimate of drug-likeness (QED) is 0.733. The maximum Gasteiger partial charge on any atom is 0.135 e. The van der Waals surface area contributed by atoms with E-state index in [9.17, 15) is 4.79 Å². The summed E-state index contributed by atoms with van der Waals surface area (Å²) in [5.41, 5.74) is 0. The van der Waals surface area contributed by atoms with Gasteiger partial charge >= 0.3 is 0 Å². The van der Waals surface area contributed by atoms with Crippen molar-refractivity contribution in [3.63, 3.8) is 0 Å². The highest BCUT2D eigenvalue weighted by molar-refractivity contribution is 5.79. The number of hydrogen-bond acceptors (Lipinski definition) is 2. The molecule has 0 spiro atoms. The van der Waals surface area contributed by atoms with Crippen molar-refractivity contribution >= 4 is 5.78 Å². The molecule has 92 valence electrons. The fourth-order valence-electron chi connectivity index (χ4n) is 3.21. The van der Waals surface area contributed by atoms with E-state index in [1.54, 1.807) is 0 Å². The molecule has 2 nitrogen and oxygen atoms in total. The average Bonchev–Trinajstić information content (AvgIpc) is 2.29. The van der Waals surface area contributed by atoms with Crippen molar-refractivity contribution in [2.45, 2.75) is 64.3 Å². The molecule has 1 unspecified atom stereocenters. The first-order valence-electron chi connectivity index (χ1n) is 7.01. The summed E-state index contributed by atoms with van der Waals surface area (Å²) in [5.74, 6) is 1.43. The molecule has 0 bridgehead atoms. The minimum absolute atomic E-state index is 0.460. The van der Waals surface area contributed by atoms with Gasteiger partial charge in [-0.05, 0) is 25.8 Å². The highest BCUT2D eigenvalue weighted by atomic mass is 16.1. The largest absolute Gasteiger partial charge is 0.300 e. The zero-order chi connectivity index (χ0) is 11.4. The normalized spacial score (nSPS) is 29.6. The van der Waals surface area contributed by atoms with Gasteiger partial charge in [-0.1, -0.05) is 32.1 Å². The molecule has 1 aliphatic carbocycles. The lowest BCUT2D eigenvalue weighted by atomic mass is 9.86. The zero-order valence-electron chi connectivity index (χ0n) is 10.6. The third-order valence-corrected chi connectivity index (χ3v) is 4.37. The maximum absolute atomic E-state index is 11.3. The van der Waals surface area contributed by atoms with Crippen LogP contribution in [0.25, 0.3) is 0 Å². The number of hydrogen-bond donors (Lipinski definition) is 0. The Labute approximate surface area is 99.4 Å². The van der Waals surface area contributed by atoms with Gasteiger partial charge in [0.05, 0.1) is 0 Å². The van der Waals surface area contributed by atoms with Gasteiger partial charge in [0.1, 0.15) is 5.78 Å². The third-order valence-electron chi connectivity index (χ3n) is 4.37. The summed E-state index contributed by atoms with van der Waals surface area (Å²) in [5, 5.41) is 0. The minimum Gasteiger partial charge on any atom is -0.300 e. The number of carbonyl (C=O) groups excluding carboxylic acids is 1. The molecule has 1 saturated carbocycles. The summed E-state index contributed by atoms with van der Waals surface area (Å²) in [6.45, 7) is 4.43. The van der Waals surface area contributed by atoms with Gasteiger partial charge in [0.15, 0.2) is 0 Å². The standard InChI is InChI=1S/C14H25NO/c1-12-11-14(16)8-10-15(12)9-7-13-5-3-2-4-6-13/h12-13H,2-11H2,1H3. The molecule has 0 amide bonds. The van der Waals surface area contributed by atoms with Crippen LogP contribution < -0.4 is 0 Å². The molecule has 1 saturated heterocycles. The SMILES string of the molecule is CC1CC(=O)CCN1CCC1CCCCC1. The van der Waals surface area contributed by atoms with Crippen LogP contribution in [-0.4, -0.2) is 29.8 Å². The summed E-state index contributed by atoms with van der Waals surface area (Å²) >= 11 is 0. The van der Waals surface area contributed by atoms with E-state index in [2.05, 4.69) is 11.8 Å². The Hall–Kier alpha value is -0.370. The van der Waals surface area contributed by atoms with Crippen LogP contribution >= 0.6 is 0 Å². The fourth-order valence-corrected chi connectivity index (χ4v) is 3.21. The lowest BCUT2D eigenvalue weighted by Crippen LogP contribution is -2.41. The van der Waals surface area contributed by atoms with Crippen LogP contribution in [0.3, 0.4) is 0 Å². The molecule has 2 heteroatoms. The van der Waals surface area contributed by atoms with Crippen molar-refractivity contribution in [3.05, 3.63) is 0 Å². The van der Waals surface area contributed by atoms with Crippen molar-refractivity contribution in [1.82, 2.24) is 4.90 Å². The number of carbonyl (C=O) groups is 1. The molecular weight excluding hydrogens is 198 g/mol. The lowest BCUT2D eigenvalue weighted by Gasteiger charge is -2.34. The third kappa shape index (κ3) is 3.31. The summed E-state index contributed by atoms with van der Waals surface area (Å²) in [6, 6.07) is 0.491. The van der Waals surface area contributed by atoms with Crippen LogP contribution in [0.15, 0.2) is 0 Å². The van der Waals surface area contributed by atoms with Crippen LogP contribution in [-0.2, 0) is 4.79 Å². The second-order valence-corrected chi connectivity index (χ2v) is 5.67. The monoisotopic (exact) mass is 223 g/mol. The van der Waals surface area contributed by atoms with E-state index >= 15 is 0 Å². The zero-order valence-corrected chi connectivity index (χ0v) is 10.6. The molecule has 2 fully saturated rings. The molecule has 0 aromatic heterocycles. The molecular formula is C14H25NO. The number of ketones is 1. The summed E-state index contributed by atoms with van der Waals surface area (Å²) in [4.78, 5) is 13.8. The molecule has 2 rings (SSSR count). The molecule has 1 aliphatic heterocycles. The Kier molecular flexibility index (Phi) is 4.39. The highest BCUT2D eigenvalue weighted by Crippen LogP contribution is 2.27. The molecule has 0 N–H and O–H groups in total. The van der Waals surface area contributed by atoms with E-state index in [-0.39, 0.29) is 0 Å². The first kappa shape index (κ1) is 12.1. The summed E-state index contributed by atoms with van der Waals surface area (Å²) in [6.07, 6.45) is 10.2. The Bertz CT molecular complexity index is 233. The Morgan fingerprint density at radius 1 is 1.25 bits per heavy atom. The van der Waals surface area contributed by atoms with Gasteiger partial charge in [0.2, 0.25) is 0 Å². The lowest BCUT2D eigenvalue weighted by molar-refractivity contribution is -0.122. The van der Waals surface area contributed by atoms with Crippen molar-refractivity contribution in [1.29, 1.82) is 0 Å². The summed E-state index contributed by atoms with van der Waals surface area (Å²) in [7, 11) is 0. The topological polar surface area (TPSA) is 20.3 Å². The number of likely N-dealkylation sites (tertiary alicyclic amines) is 1. The van der Waals surface area contributed by atoms with Gasteiger partial charge in [0.25, 0.3) is 0 Å². The molecule has 0 aromatic carbocycles. The molecule has 0 radical (unpaired) electrons. The molecule has 2 aliphatic rings. The van der Waals surface area contributed by atoms with Crippen LogP contribution in [0, 0.1) is 5.92 Å². The van der Waals surface area contributed by atoms with Crippen LogP contribution in [0.2, 0.25) is 0 Å². The minimum atomic E-state index is 0.460. The molecule has 16 heavy (non-hydrogen) atoms. The molecule has 1 heterocycles. The van der Waals surface area contributed by atoms with E-state index in [0.717, 1.165) is 25.3 Å². The average molecular weight is 223 g/mol. The number of nitrogens with zero attached hydrogens (tertiary/aromatic N) is 1. The number of piperidine rings is 1. The van der Waals surface area contributed by atoms with Crippen molar-refractivity contribution < 1.29 is 4.79 Å². The summed E-state index contributed by atoms with van der Waals surface area (Å²) < 4.78 is 0. The van der Waals surface area contributed by atoms with Gasteiger partial charge in [-0.2, -0.15) is 0 Å². The first-order valence-corrected chi connectivity index (χ1v) is 7.01. The fraction of sp³-hybridized carbons (Fsp3) is 0.929. The van der Waals surface area contributed by atoms with Gasteiger partial charge in [-0.3, -0.25) is 9.69 Å². The Morgan fingerprint density at radius 2 is 2.00 bits per heavy atom.